The lowest BCUT2D eigenvalue weighted by Crippen LogP contribution is -2.29. The number of amides is 2. The van der Waals surface area contributed by atoms with Gasteiger partial charge in [0.2, 0.25) is 11.8 Å². The van der Waals surface area contributed by atoms with Crippen molar-refractivity contribution in [1.29, 1.82) is 0 Å². The van der Waals surface area contributed by atoms with Crippen molar-refractivity contribution in [2.75, 3.05) is 10.0 Å². The van der Waals surface area contributed by atoms with Gasteiger partial charge >= 0.3 is 0 Å². The molecule has 0 aliphatic heterocycles. The standard InChI is InChI=1S/C26H29N3O4S/c1-17-8-11-21(12-9-17)25(27-20(4)30)16-26(31)28-22-6-5-7-23(15-22)29-34(32,33)24-13-10-18(2)19(3)14-24/h5-15,25,29H,16H2,1-4H3,(H,27,30)(H,28,31)/t25-/m1/s1. The summed E-state index contributed by atoms with van der Waals surface area (Å²) in [6.45, 7) is 7.14. The van der Waals surface area contributed by atoms with E-state index in [2.05, 4.69) is 15.4 Å². The Balaban J connectivity index is 1.72. The Bertz CT molecular complexity index is 1300. The Morgan fingerprint density at radius 1 is 0.853 bits per heavy atom. The predicted octanol–water partition coefficient (Wildman–Crippen LogP) is 4.62. The average Bonchev–Trinajstić information content (AvgIpc) is 2.75. The van der Waals surface area contributed by atoms with Crippen molar-refractivity contribution in [2.45, 2.75) is 45.1 Å². The Kier molecular flexibility index (Phi) is 7.73. The largest absolute Gasteiger partial charge is 0.349 e. The molecule has 0 radical (unpaired) electrons. The molecular weight excluding hydrogens is 450 g/mol. The third-order valence-corrected chi connectivity index (χ3v) is 6.81. The highest BCUT2D eigenvalue weighted by molar-refractivity contribution is 7.92. The van der Waals surface area contributed by atoms with E-state index < -0.39 is 16.1 Å². The molecule has 3 rings (SSSR count). The molecule has 178 valence electrons. The quantitative estimate of drug-likeness (QED) is 0.438. The van der Waals surface area contributed by atoms with Crippen molar-refractivity contribution < 1.29 is 18.0 Å². The summed E-state index contributed by atoms with van der Waals surface area (Å²) in [7, 11) is -3.78. The zero-order valence-corrected chi connectivity index (χ0v) is 20.5. The minimum Gasteiger partial charge on any atom is -0.349 e. The van der Waals surface area contributed by atoms with Gasteiger partial charge in [0.25, 0.3) is 10.0 Å². The summed E-state index contributed by atoms with van der Waals surface area (Å²) in [6.07, 6.45) is 0.0290. The molecular formula is C26H29N3O4S. The molecule has 3 aromatic rings. The van der Waals surface area contributed by atoms with Crippen molar-refractivity contribution in [2.24, 2.45) is 0 Å². The number of carbonyl (C=O) groups excluding carboxylic acids is 2. The number of hydrogen-bond acceptors (Lipinski definition) is 4. The maximum atomic E-state index is 12.8. The molecule has 0 aromatic heterocycles. The minimum atomic E-state index is -3.78. The second-order valence-electron chi connectivity index (χ2n) is 8.35. The van der Waals surface area contributed by atoms with Crippen LogP contribution < -0.4 is 15.4 Å². The van der Waals surface area contributed by atoms with Gasteiger partial charge in [0, 0.05) is 12.6 Å². The molecule has 8 heteroatoms. The van der Waals surface area contributed by atoms with Crippen LogP contribution in [-0.2, 0) is 19.6 Å². The summed E-state index contributed by atoms with van der Waals surface area (Å²) in [5.74, 6) is -0.547. The molecule has 2 amide bonds. The van der Waals surface area contributed by atoms with E-state index >= 15 is 0 Å². The van der Waals surface area contributed by atoms with Crippen LogP contribution in [0.25, 0.3) is 0 Å². The molecule has 0 saturated carbocycles. The first-order valence-corrected chi connectivity index (χ1v) is 12.4. The van der Waals surface area contributed by atoms with Crippen LogP contribution in [-0.4, -0.2) is 20.2 Å². The molecule has 0 aliphatic rings. The number of hydrogen-bond donors (Lipinski definition) is 3. The Morgan fingerprint density at radius 2 is 1.53 bits per heavy atom. The van der Waals surface area contributed by atoms with Crippen LogP contribution in [0.1, 0.15) is 41.6 Å². The third kappa shape index (κ3) is 6.68. The zero-order chi connectivity index (χ0) is 24.9. The van der Waals surface area contributed by atoms with E-state index in [0.29, 0.717) is 11.4 Å². The number of sulfonamides is 1. The molecule has 34 heavy (non-hydrogen) atoms. The molecule has 0 bridgehead atoms. The van der Waals surface area contributed by atoms with E-state index in [1.807, 2.05) is 45.0 Å². The average molecular weight is 480 g/mol. The number of rotatable bonds is 8. The van der Waals surface area contributed by atoms with Crippen LogP contribution in [0.4, 0.5) is 11.4 Å². The van der Waals surface area contributed by atoms with E-state index in [-0.39, 0.29) is 23.1 Å². The molecule has 0 unspecified atom stereocenters. The van der Waals surface area contributed by atoms with E-state index in [1.54, 1.807) is 42.5 Å². The smallest absolute Gasteiger partial charge is 0.261 e. The molecule has 0 aliphatic carbocycles. The maximum absolute atomic E-state index is 12.8. The highest BCUT2D eigenvalue weighted by atomic mass is 32.2. The number of anilines is 2. The number of carbonyl (C=O) groups is 2. The van der Waals surface area contributed by atoms with Gasteiger partial charge in [-0.3, -0.25) is 14.3 Å². The fourth-order valence-electron chi connectivity index (χ4n) is 3.45. The van der Waals surface area contributed by atoms with Gasteiger partial charge in [0.05, 0.1) is 23.0 Å². The molecule has 1 atom stereocenters. The van der Waals surface area contributed by atoms with E-state index in [0.717, 1.165) is 22.3 Å². The molecule has 7 nitrogen and oxygen atoms in total. The van der Waals surface area contributed by atoms with Crippen LogP contribution in [0, 0.1) is 20.8 Å². The van der Waals surface area contributed by atoms with Gasteiger partial charge in [-0.2, -0.15) is 0 Å². The van der Waals surface area contributed by atoms with Gasteiger partial charge in [-0.25, -0.2) is 8.42 Å². The summed E-state index contributed by atoms with van der Waals surface area (Å²) in [5, 5.41) is 5.59. The van der Waals surface area contributed by atoms with Gasteiger partial charge in [-0.15, -0.1) is 0 Å². The van der Waals surface area contributed by atoms with Crippen LogP contribution in [0.5, 0.6) is 0 Å². The molecule has 0 fully saturated rings. The highest BCUT2D eigenvalue weighted by Crippen LogP contribution is 2.23. The molecule has 0 heterocycles. The minimum absolute atomic E-state index is 0.0290. The van der Waals surface area contributed by atoms with Crippen molar-refractivity contribution in [1.82, 2.24) is 5.32 Å². The van der Waals surface area contributed by atoms with Gasteiger partial charge in [-0.1, -0.05) is 42.0 Å². The normalized spacial score (nSPS) is 12.0. The molecule has 0 saturated heterocycles. The number of nitrogens with one attached hydrogen (secondary N) is 3. The molecule has 0 spiro atoms. The lowest BCUT2D eigenvalue weighted by atomic mass is 10.0. The van der Waals surface area contributed by atoms with Crippen molar-refractivity contribution in [3.63, 3.8) is 0 Å². The topological polar surface area (TPSA) is 104 Å². The van der Waals surface area contributed by atoms with Gasteiger partial charge in [-0.05, 0) is 67.8 Å². The van der Waals surface area contributed by atoms with Crippen LogP contribution >= 0.6 is 0 Å². The maximum Gasteiger partial charge on any atom is 0.261 e. The van der Waals surface area contributed by atoms with Gasteiger partial charge in [0.15, 0.2) is 0 Å². The number of aryl methyl sites for hydroxylation is 3. The van der Waals surface area contributed by atoms with E-state index in [1.165, 1.54) is 6.92 Å². The summed E-state index contributed by atoms with van der Waals surface area (Å²) < 4.78 is 28.1. The summed E-state index contributed by atoms with van der Waals surface area (Å²) in [6, 6.07) is 18.6. The van der Waals surface area contributed by atoms with Crippen LogP contribution in [0.15, 0.2) is 71.6 Å². The summed E-state index contributed by atoms with van der Waals surface area (Å²) >= 11 is 0. The van der Waals surface area contributed by atoms with Gasteiger partial charge < -0.3 is 10.6 Å². The highest BCUT2D eigenvalue weighted by Gasteiger charge is 2.18. The Hall–Kier alpha value is -3.65. The zero-order valence-electron chi connectivity index (χ0n) is 19.7. The second-order valence-corrected chi connectivity index (χ2v) is 10.0. The van der Waals surface area contributed by atoms with E-state index in [4.69, 9.17) is 0 Å². The van der Waals surface area contributed by atoms with Crippen molar-refractivity contribution in [3.8, 4) is 0 Å². The molecule has 3 aromatic carbocycles. The van der Waals surface area contributed by atoms with Crippen molar-refractivity contribution in [3.05, 3.63) is 89.0 Å². The monoisotopic (exact) mass is 479 g/mol. The summed E-state index contributed by atoms with van der Waals surface area (Å²) in [4.78, 5) is 24.6. The third-order valence-electron chi connectivity index (χ3n) is 5.43. The molecule has 3 N–H and O–H groups in total. The van der Waals surface area contributed by atoms with Gasteiger partial charge in [0.1, 0.15) is 0 Å². The van der Waals surface area contributed by atoms with Crippen LogP contribution in [0.2, 0.25) is 0 Å². The lowest BCUT2D eigenvalue weighted by molar-refractivity contribution is -0.120. The lowest BCUT2D eigenvalue weighted by Gasteiger charge is -2.18. The van der Waals surface area contributed by atoms with E-state index in [9.17, 15) is 18.0 Å². The first-order valence-electron chi connectivity index (χ1n) is 10.9. The first-order chi connectivity index (χ1) is 16.0. The first kappa shape index (κ1) is 25.0. The van der Waals surface area contributed by atoms with Crippen molar-refractivity contribution >= 4 is 33.2 Å². The fraction of sp³-hybridized carbons (Fsp3) is 0.231. The summed E-state index contributed by atoms with van der Waals surface area (Å²) in [5.41, 5.74) is 4.56. The number of benzene rings is 3. The predicted molar refractivity (Wildman–Crippen MR) is 134 cm³/mol. The van der Waals surface area contributed by atoms with Crippen LogP contribution in [0.3, 0.4) is 0 Å². The fourth-order valence-corrected chi connectivity index (χ4v) is 4.58. The Morgan fingerprint density at radius 3 is 2.18 bits per heavy atom. The Labute approximate surface area is 200 Å². The second kappa shape index (κ2) is 10.5. The SMILES string of the molecule is CC(=O)N[C@H](CC(=O)Nc1cccc(NS(=O)(=O)c2ccc(C)c(C)c2)c1)c1ccc(C)cc1.